The number of hydrogen-bond donors (Lipinski definition) is 1. The molecule has 0 aromatic heterocycles. The Hall–Kier alpha value is -1.10. The van der Waals surface area contributed by atoms with Crippen molar-refractivity contribution < 1.29 is 19.4 Å². The quantitative estimate of drug-likeness (QED) is 0.653. The normalized spacial score (nSPS) is 17.7. The Kier molecular flexibility index (Phi) is 4.39. The molecule has 0 saturated carbocycles. The number of esters is 1. The molecule has 1 saturated heterocycles. The van der Waals surface area contributed by atoms with E-state index in [1.807, 2.05) is 4.90 Å². The number of carbonyl (C=O) groups excluding carboxylic acids is 1. The standard InChI is InChI=1S/C9H15NO4/c11-8(12)7-14-9(13)6-10-4-2-1-3-5-10/h1-7H2,(H,11,12). The lowest BCUT2D eigenvalue weighted by Crippen LogP contribution is -2.35. The van der Waals surface area contributed by atoms with Crippen LogP contribution in [0.4, 0.5) is 0 Å². The minimum Gasteiger partial charge on any atom is -0.479 e. The Morgan fingerprint density at radius 1 is 1.21 bits per heavy atom. The van der Waals surface area contributed by atoms with E-state index in [9.17, 15) is 9.59 Å². The van der Waals surface area contributed by atoms with Crippen LogP contribution in [0.2, 0.25) is 0 Å². The monoisotopic (exact) mass is 201 g/mol. The van der Waals surface area contributed by atoms with Crippen molar-refractivity contribution in [1.29, 1.82) is 0 Å². The molecule has 1 N–H and O–H groups in total. The van der Waals surface area contributed by atoms with E-state index in [2.05, 4.69) is 4.74 Å². The van der Waals surface area contributed by atoms with E-state index in [1.165, 1.54) is 6.42 Å². The number of ether oxygens (including phenoxy) is 1. The molecule has 0 bridgehead atoms. The van der Waals surface area contributed by atoms with Crippen molar-refractivity contribution >= 4 is 11.9 Å². The lowest BCUT2D eigenvalue weighted by atomic mass is 10.1. The molecule has 1 heterocycles. The highest BCUT2D eigenvalue weighted by molar-refractivity contribution is 5.76. The first-order chi connectivity index (χ1) is 6.68. The first kappa shape index (κ1) is 11.0. The van der Waals surface area contributed by atoms with Crippen LogP contribution in [0.5, 0.6) is 0 Å². The predicted molar refractivity (Wildman–Crippen MR) is 48.9 cm³/mol. The maximum Gasteiger partial charge on any atom is 0.341 e. The topological polar surface area (TPSA) is 66.8 Å². The third-order valence-electron chi connectivity index (χ3n) is 2.16. The molecule has 0 aromatic carbocycles. The molecule has 14 heavy (non-hydrogen) atoms. The maximum absolute atomic E-state index is 11.1. The smallest absolute Gasteiger partial charge is 0.341 e. The average molecular weight is 201 g/mol. The third-order valence-corrected chi connectivity index (χ3v) is 2.16. The summed E-state index contributed by atoms with van der Waals surface area (Å²) in [5, 5.41) is 8.28. The Morgan fingerprint density at radius 2 is 1.86 bits per heavy atom. The second-order valence-corrected chi connectivity index (χ2v) is 3.39. The summed E-state index contributed by atoms with van der Waals surface area (Å²) in [6, 6.07) is 0. The van der Waals surface area contributed by atoms with E-state index in [0.717, 1.165) is 25.9 Å². The summed E-state index contributed by atoms with van der Waals surface area (Å²) in [5.41, 5.74) is 0. The van der Waals surface area contributed by atoms with Crippen LogP contribution >= 0.6 is 0 Å². The minimum absolute atomic E-state index is 0.216. The fraction of sp³-hybridized carbons (Fsp3) is 0.778. The molecule has 0 aromatic rings. The predicted octanol–water partition coefficient (Wildman–Crippen LogP) is 0.100. The first-order valence-electron chi connectivity index (χ1n) is 4.78. The highest BCUT2D eigenvalue weighted by Gasteiger charge is 2.15. The van der Waals surface area contributed by atoms with Crippen molar-refractivity contribution in [3.8, 4) is 0 Å². The highest BCUT2D eigenvalue weighted by Crippen LogP contribution is 2.07. The van der Waals surface area contributed by atoms with Crippen molar-refractivity contribution in [3.63, 3.8) is 0 Å². The number of rotatable bonds is 4. The lowest BCUT2D eigenvalue weighted by Gasteiger charge is -2.24. The number of nitrogens with zero attached hydrogens (tertiary/aromatic N) is 1. The SMILES string of the molecule is O=C(O)COC(=O)CN1CCCCC1. The number of carboxylic acids is 1. The zero-order valence-electron chi connectivity index (χ0n) is 8.07. The van der Waals surface area contributed by atoms with Crippen molar-refractivity contribution in [2.75, 3.05) is 26.2 Å². The number of carboxylic acid groups (broad SMARTS) is 1. The number of aliphatic carboxylic acids is 1. The summed E-state index contributed by atoms with van der Waals surface area (Å²) in [7, 11) is 0. The molecule has 1 rings (SSSR count). The number of likely N-dealkylation sites (tertiary alicyclic amines) is 1. The molecule has 1 aliphatic heterocycles. The van der Waals surface area contributed by atoms with Gasteiger partial charge in [-0.05, 0) is 25.9 Å². The summed E-state index contributed by atoms with van der Waals surface area (Å²) in [6.07, 6.45) is 3.42. The average Bonchev–Trinajstić information content (AvgIpc) is 2.16. The number of carbonyl (C=O) groups is 2. The van der Waals surface area contributed by atoms with Crippen LogP contribution in [0.3, 0.4) is 0 Å². The van der Waals surface area contributed by atoms with Gasteiger partial charge in [-0.2, -0.15) is 0 Å². The molecule has 0 atom stereocenters. The van der Waals surface area contributed by atoms with Crippen molar-refractivity contribution in [2.24, 2.45) is 0 Å². The number of hydrogen-bond acceptors (Lipinski definition) is 4. The highest BCUT2D eigenvalue weighted by atomic mass is 16.5. The van der Waals surface area contributed by atoms with Crippen molar-refractivity contribution in [3.05, 3.63) is 0 Å². The zero-order chi connectivity index (χ0) is 10.4. The Morgan fingerprint density at radius 3 is 2.43 bits per heavy atom. The van der Waals surface area contributed by atoms with Gasteiger partial charge in [0.2, 0.25) is 0 Å². The van der Waals surface area contributed by atoms with Gasteiger partial charge in [0.05, 0.1) is 6.54 Å². The Bertz CT molecular complexity index is 211. The van der Waals surface area contributed by atoms with Crippen LogP contribution in [-0.2, 0) is 14.3 Å². The van der Waals surface area contributed by atoms with Crippen LogP contribution in [0.1, 0.15) is 19.3 Å². The molecule has 1 fully saturated rings. The molecule has 5 heteroatoms. The Balaban J connectivity index is 2.15. The van der Waals surface area contributed by atoms with Gasteiger partial charge in [0.1, 0.15) is 0 Å². The molecule has 0 spiro atoms. The molecule has 80 valence electrons. The Labute approximate surface area is 82.6 Å². The largest absolute Gasteiger partial charge is 0.479 e. The summed E-state index contributed by atoms with van der Waals surface area (Å²) in [6.45, 7) is 1.49. The molecular weight excluding hydrogens is 186 g/mol. The van der Waals surface area contributed by atoms with Gasteiger partial charge in [0.25, 0.3) is 0 Å². The summed E-state index contributed by atoms with van der Waals surface area (Å²) >= 11 is 0. The molecular formula is C9H15NO4. The van der Waals surface area contributed by atoms with E-state index < -0.39 is 18.5 Å². The van der Waals surface area contributed by atoms with Crippen molar-refractivity contribution in [2.45, 2.75) is 19.3 Å². The van der Waals surface area contributed by atoms with Gasteiger partial charge in [-0.25, -0.2) is 4.79 Å². The van der Waals surface area contributed by atoms with Crippen LogP contribution in [-0.4, -0.2) is 48.2 Å². The van der Waals surface area contributed by atoms with Gasteiger partial charge in [0.15, 0.2) is 6.61 Å². The van der Waals surface area contributed by atoms with E-state index in [-0.39, 0.29) is 6.54 Å². The van der Waals surface area contributed by atoms with E-state index in [0.29, 0.717) is 0 Å². The maximum atomic E-state index is 11.1. The molecule has 0 radical (unpaired) electrons. The molecule has 0 amide bonds. The summed E-state index contributed by atoms with van der Waals surface area (Å²) in [5.74, 6) is -1.56. The summed E-state index contributed by atoms with van der Waals surface area (Å²) in [4.78, 5) is 23.2. The second-order valence-electron chi connectivity index (χ2n) is 3.39. The molecule has 5 nitrogen and oxygen atoms in total. The van der Waals surface area contributed by atoms with Gasteiger partial charge in [-0.15, -0.1) is 0 Å². The molecule has 0 unspecified atom stereocenters. The second kappa shape index (κ2) is 5.59. The summed E-state index contributed by atoms with van der Waals surface area (Å²) < 4.78 is 4.53. The molecule has 0 aliphatic carbocycles. The van der Waals surface area contributed by atoms with Crippen LogP contribution in [0.15, 0.2) is 0 Å². The first-order valence-corrected chi connectivity index (χ1v) is 4.78. The van der Waals surface area contributed by atoms with Crippen LogP contribution in [0, 0.1) is 0 Å². The van der Waals surface area contributed by atoms with E-state index >= 15 is 0 Å². The lowest BCUT2D eigenvalue weighted by molar-refractivity contribution is -0.156. The minimum atomic E-state index is -1.11. The van der Waals surface area contributed by atoms with Gasteiger partial charge < -0.3 is 9.84 Å². The van der Waals surface area contributed by atoms with Gasteiger partial charge >= 0.3 is 11.9 Å². The fourth-order valence-corrected chi connectivity index (χ4v) is 1.49. The van der Waals surface area contributed by atoms with Gasteiger partial charge in [0, 0.05) is 0 Å². The van der Waals surface area contributed by atoms with Gasteiger partial charge in [-0.1, -0.05) is 6.42 Å². The van der Waals surface area contributed by atoms with E-state index in [1.54, 1.807) is 0 Å². The molecule has 1 aliphatic rings. The van der Waals surface area contributed by atoms with Crippen LogP contribution < -0.4 is 0 Å². The third kappa shape index (κ3) is 4.23. The van der Waals surface area contributed by atoms with E-state index in [4.69, 9.17) is 5.11 Å². The van der Waals surface area contributed by atoms with Gasteiger partial charge in [-0.3, -0.25) is 9.69 Å². The number of piperidine rings is 1. The fourth-order valence-electron chi connectivity index (χ4n) is 1.49. The van der Waals surface area contributed by atoms with Crippen LogP contribution in [0.25, 0.3) is 0 Å². The zero-order valence-corrected chi connectivity index (χ0v) is 8.07. The van der Waals surface area contributed by atoms with Crippen molar-refractivity contribution in [1.82, 2.24) is 4.90 Å².